The van der Waals surface area contributed by atoms with Crippen LogP contribution < -0.4 is 0 Å². The third-order valence-corrected chi connectivity index (χ3v) is 3.28. The van der Waals surface area contributed by atoms with Gasteiger partial charge in [-0.15, -0.1) is 0 Å². The van der Waals surface area contributed by atoms with Crippen LogP contribution in [-0.4, -0.2) is 54.2 Å². The smallest absolute Gasteiger partial charge is 0.222 e. The van der Waals surface area contributed by atoms with Gasteiger partial charge in [-0.05, 0) is 12.3 Å². The molecule has 0 N–H and O–H groups in total. The van der Waals surface area contributed by atoms with Crippen LogP contribution in [0, 0.1) is 5.92 Å². The van der Waals surface area contributed by atoms with E-state index in [4.69, 9.17) is 0 Å². The summed E-state index contributed by atoms with van der Waals surface area (Å²) in [6.07, 6.45) is 1.72. The van der Waals surface area contributed by atoms with Gasteiger partial charge in [0.2, 0.25) is 5.91 Å². The monoisotopic (exact) mass is 244 g/mol. The van der Waals surface area contributed by atoms with E-state index in [1.807, 2.05) is 4.90 Å². The standard InChI is InChI=1S/C12H24N2OS/c1-11(2)3-4-12(15)14-7-5-13(6-8-14)9-10-16/h11,16H,3-10H2,1-2H3. The van der Waals surface area contributed by atoms with Gasteiger partial charge in [0.1, 0.15) is 0 Å². The number of carbonyl (C=O) groups is 1. The summed E-state index contributed by atoms with van der Waals surface area (Å²) >= 11 is 4.23. The van der Waals surface area contributed by atoms with E-state index in [1.54, 1.807) is 0 Å². The molecule has 0 spiro atoms. The fourth-order valence-electron chi connectivity index (χ4n) is 1.93. The third-order valence-electron chi connectivity index (χ3n) is 3.08. The number of rotatable bonds is 5. The lowest BCUT2D eigenvalue weighted by molar-refractivity contribution is -0.133. The molecule has 0 atom stereocenters. The van der Waals surface area contributed by atoms with Gasteiger partial charge < -0.3 is 4.90 Å². The predicted octanol–water partition coefficient (Wildman–Crippen LogP) is 1.50. The molecule has 1 heterocycles. The first-order chi connectivity index (χ1) is 7.63. The number of carbonyl (C=O) groups excluding carboxylic acids is 1. The maximum Gasteiger partial charge on any atom is 0.222 e. The van der Waals surface area contributed by atoms with Crippen LogP contribution in [0.4, 0.5) is 0 Å². The molecule has 3 nitrogen and oxygen atoms in total. The van der Waals surface area contributed by atoms with Crippen LogP contribution in [0.1, 0.15) is 26.7 Å². The van der Waals surface area contributed by atoms with Gasteiger partial charge in [0.15, 0.2) is 0 Å². The van der Waals surface area contributed by atoms with Crippen LogP contribution in [0.2, 0.25) is 0 Å². The minimum absolute atomic E-state index is 0.333. The first-order valence-electron chi connectivity index (χ1n) is 6.24. The molecule has 1 fully saturated rings. The molecular weight excluding hydrogens is 220 g/mol. The second kappa shape index (κ2) is 7.17. The van der Waals surface area contributed by atoms with Crippen LogP contribution in [0.5, 0.6) is 0 Å². The second-order valence-electron chi connectivity index (χ2n) is 4.88. The molecule has 4 heteroatoms. The van der Waals surface area contributed by atoms with Gasteiger partial charge in [0.25, 0.3) is 0 Å². The summed E-state index contributed by atoms with van der Waals surface area (Å²) in [6.45, 7) is 9.17. The Morgan fingerprint density at radius 3 is 2.38 bits per heavy atom. The first-order valence-corrected chi connectivity index (χ1v) is 6.87. The Hall–Kier alpha value is -0.220. The molecule has 94 valence electrons. The van der Waals surface area contributed by atoms with Crippen molar-refractivity contribution in [2.75, 3.05) is 38.5 Å². The largest absolute Gasteiger partial charge is 0.340 e. The number of hydrogen-bond donors (Lipinski definition) is 1. The van der Waals surface area contributed by atoms with Crippen molar-refractivity contribution < 1.29 is 4.79 Å². The Morgan fingerprint density at radius 2 is 1.88 bits per heavy atom. The molecule has 0 aromatic rings. The van der Waals surface area contributed by atoms with Crippen LogP contribution in [-0.2, 0) is 4.79 Å². The lowest BCUT2D eigenvalue weighted by atomic mass is 10.1. The summed E-state index contributed by atoms with van der Waals surface area (Å²) in [5, 5.41) is 0. The molecule has 0 aliphatic carbocycles. The second-order valence-corrected chi connectivity index (χ2v) is 5.33. The average Bonchev–Trinajstić information content (AvgIpc) is 2.27. The summed E-state index contributed by atoms with van der Waals surface area (Å²) in [4.78, 5) is 16.2. The minimum atomic E-state index is 0.333. The molecule has 0 unspecified atom stereocenters. The minimum Gasteiger partial charge on any atom is -0.340 e. The topological polar surface area (TPSA) is 23.6 Å². The first kappa shape index (κ1) is 13.8. The lowest BCUT2D eigenvalue weighted by Gasteiger charge is -2.34. The zero-order valence-electron chi connectivity index (χ0n) is 10.5. The van der Waals surface area contributed by atoms with E-state index in [0.717, 1.165) is 44.9 Å². The van der Waals surface area contributed by atoms with E-state index in [9.17, 15) is 4.79 Å². The maximum atomic E-state index is 11.9. The Bertz CT molecular complexity index is 213. The third kappa shape index (κ3) is 4.74. The number of hydrogen-bond acceptors (Lipinski definition) is 3. The van der Waals surface area contributed by atoms with Gasteiger partial charge in [-0.2, -0.15) is 12.6 Å². The normalized spacial score (nSPS) is 18.1. The van der Waals surface area contributed by atoms with Gasteiger partial charge in [-0.1, -0.05) is 13.8 Å². The summed E-state index contributed by atoms with van der Waals surface area (Å²) in [5.74, 6) is 1.86. The Balaban J connectivity index is 2.22. The molecule has 0 radical (unpaired) electrons. The molecule has 0 bridgehead atoms. The SMILES string of the molecule is CC(C)CCC(=O)N1CCN(CCS)CC1. The van der Waals surface area contributed by atoms with E-state index in [2.05, 4.69) is 31.4 Å². The van der Waals surface area contributed by atoms with Crippen molar-refractivity contribution in [3.8, 4) is 0 Å². The molecular formula is C12H24N2OS. The number of thiol groups is 1. The van der Waals surface area contributed by atoms with Crippen LogP contribution in [0.15, 0.2) is 0 Å². The molecule has 1 aliphatic heterocycles. The molecule has 16 heavy (non-hydrogen) atoms. The Labute approximate surface area is 105 Å². The van der Waals surface area contributed by atoms with Gasteiger partial charge in [0.05, 0.1) is 0 Å². The van der Waals surface area contributed by atoms with Crippen molar-refractivity contribution in [1.29, 1.82) is 0 Å². The predicted molar refractivity (Wildman–Crippen MR) is 70.9 cm³/mol. The van der Waals surface area contributed by atoms with Crippen molar-refractivity contribution >= 4 is 18.5 Å². The van der Waals surface area contributed by atoms with E-state index < -0.39 is 0 Å². The summed E-state index contributed by atoms with van der Waals surface area (Å²) in [5.41, 5.74) is 0. The molecule has 0 aromatic heterocycles. The van der Waals surface area contributed by atoms with Gasteiger partial charge in [-0.3, -0.25) is 9.69 Å². The Kier molecular flexibility index (Phi) is 6.21. The number of piperazine rings is 1. The zero-order valence-corrected chi connectivity index (χ0v) is 11.4. The lowest BCUT2D eigenvalue weighted by Crippen LogP contribution is -2.49. The molecule has 0 saturated carbocycles. The van der Waals surface area contributed by atoms with Crippen molar-refractivity contribution in [3.05, 3.63) is 0 Å². The van der Waals surface area contributed by atoms with Gasteiger partial charge in [-0.25, -0.2) is 0 Å². The summed E-state index contributed by atoms with van der Waals surface area (Å²) in [7, 11) is 0. The molecule has 1 saturated heterocycles. The molecule has 1 aliphatic rings. The molecule has 1 rings (SSSR count). The van der Waals surface area contributed by atoms with E-state index in [1.165, 1.54) is 0 Å². The van der Waals surface area contributed by atoms with E-state index in [0.29, 0.717) is 18.2 Å². The average molecular weight is 244 g/mol. The molecule has 1 amide bonds. The number of amides is 1. The van der Waals surface area contributed by atoms with E-state index >= 15 is 0 Å². The van der Waals surface area contributed by atoms with Crippen molar-refractivity contribution in [3.63, 3.8) is 0 Å². The highest BCUT2D eigenvalue weighted by Crippen LogP contribution is 2.09. The van der Waals surface area contributed by atoms with Gasteiger partial charge >= 0.3 is 0 Å². The van der Waals surface area contributed by atoms with Crippen LogP contribution in [0.25, 0.3) is 0 Å². The molecule has 0 aromatic carbocycles. The van der Waals surface area contributed by atoms with Crippen molar-refractivity contribution in [1.82, 2.24) is 9.80 Å². The fraction of sp³-hybridized carbons (Fsp3) is 0.917. The quantitative estimate of drug-likeness (QED) is 0.741. The fourth-order valence-corrected chi connectivity index (χ4v) is 2.22. The van der Waals surface area contributed by atoms with Crippen molar-refractivity contribution in [2.24, 2.45) is 5.92 Å². The zero-order chi connectivity index (χ0) is 12.0. The van der Waals surface area contributed by atoms with Crippen molar-refractivity contribution in [2.45, 2.75) is 26.7 Å². The number of nitrogens with zero attached hydrogens (tertiary/aromatic N) is 2. The van der Waals surface area contributed by atoms with Crippen LogP contribution in [0.3, 0.4) is 0 Å². The van der Waals surface area contributed by atoms with E-state index in [-0.39, 0.29) is 0 Å². The highest BCUT2D eigenvalue weighted by Gasteiger charge is 2.20. The highest BCUT2D eigenvalue weighted by atomic mass is 32.1. The van der Waals surface area contributed by atoms with Gasteiger partial charge in [0, 0.05) is 44.9 Å². The Morgan fingerprint density at radius 1 is 1.25 bits per heavy atom. The maximum absolute atomic E-state index is 11.9. The summed E-state index contributed by atoms with van der Waals surface area (Å²) < 4.78 is 0. The van der Waals surface area contributed by atoms with Crippen LogP contribution >= 0.6 is 12.6 Å². The summed E-state index contributed by atoms with van der Waals surface area (Å²) in [6, 6.07) is 0. The highest BCUT2D eigenvalue weighted by molar-refractivity contribution is 7.80.